The summed E-state index contributed by atoms with van der Waals surface area (Å²) >= 11 is 4.38. The molecule has 2 aromatic rings. The van der Waals surface area contributed by atoms with E-state index in [-0.39, 0.29) is 10.0 Å². The smallest absolute Gasteiger partial charge is 0.268 e. The third kappa shape index (κ3) is 2.79. The predicted molar refractivity (Wildman–Crippen MR) is 72.4 cm³/mol. The van der Waals surface area contributed by atoms with Crippen LogP contribution in [0.5, 0.6) is 0 Å². The second kappa shape index (κ2) is 4.82. The fourth-order valence-corrected chi connectivity index (χ4v) is 4.38. The third-order valence-electron chi connectivity index (χ3n) is 2.02. The van der Waals surface area contributed by atoms with Crippen molar-refractivity contribution < 1.29 is 8.42 Å². The van der Waals surface area contributed by atoms with E-state index in [2.05, 4.69) is 30.8 Å². The van der Waals surface area contributed by atoms with E-state index in [4.69, 9.17) is 0 Å². The summed E-state index contributed by atoms with van der Waals surface area (Å²) in [4.78, 5) is 10.8. The van der Waals surface area contributed by atoms with Crippen LogP contribution in [0.2, 0.25) is 0 Å². The van der Waals surface area contributed by atoms with Gasteiger partial charge >= 0.3 is 0 Å². The molecule has 0 aliphatic heterocycles. The molecule has 0 saturated heterocycles. The van der Waals surface area contributed by atoms with Gasteiger partial charge in [0.25, 0.3) is 15.6 Å². The van der Waals surface area contributed by atoms with Gasteiger partial charge in [0.15, 0.2) is 5.82 Å². The summed E-state index contributed by atoms with van der Waals surface area (Å²) in [5.74, 6) is 0.0665. The van der Waals surface area contributed by atoms with Crippen molar-refractivity contribution in [2.45, 2.75) is 11.1 Å². The zero-order valence-corrected chi connectivity index (χ0v) is 12.3. The van der Waals surface area contributed by atoms with Crippen LogP contribution in [0.4, 0.5) is 5.82 Å². The number of anilines is 1. The van der Waals surface area contributed by atoms with Gasteiger partial charge in [-0.1, -0.05) is 0 Å². The lowest BCUT2D eigenvalue weighted by Gasteiger charge is -2.03. The fraction of sp³-hybridized carbons (Fsp3) is 0.111. The van der Waals surface area contributed by atoms with Crippen molar-refractivity contribution in [2.75, 3.05) is 4.72 Å². The van der Waals surface area contributed by atoms with Crippen LogP contribution in [-0.4, -0.2) is 18.6 Å². The molecule has 96 valence electrons. The normalized spacial score (nSPS) is 11.4. The Morgan fingerprint density at radius 2 is 2.17 bits per heavy atom. The molecule has 9 heteroatoms. The van der Waals surface area contributed by atoms with Crippen LogP contribution in [0.15, 0.2) is 31.0 Å². The van der Waals surface area contributed by atoms with E-state index in [1.165, 1.54) is 12.1 Å². The Kier molecular flexibility index (Phi) is 3.55. The highest BCUT2D eigenvalue weighted by atomic mass is 79.9. The molecular formula is C9H8BrN3O3S2. The minimum Gasteiger partial charge on any atom is -0.268 e. The molecule has 0 atom stereocenters. The number of hydrogen-bond acceptors (Lipinski definition) is 5. The van der Waals surface area contributed by atoms with Gasteiger partial charge in [-0.2, -0.15) is 5.10 Å². The highest BCUT2D eigenvalue weighted by molar-refractivity contribution is 9.11. The molecule has 2 heterocycles. The van der Waals surface area contributed by atoms with E-state index >= 15 is 0 Å². The molecule has 2 aromatic heterocycles. The van der Waals surface area contributed by atoms with Crippen LogP contribution < -0.4 is 10.3 Å². The Morgan fingerprint density at radius 1 is 1.44 bits per heavy atom. The third-order valence-corrected chi connectivity index (χ3v) is 5.98. The maximum Gasteiger partial charge on any atom is 0.272 e. The van der Waals surface area contributed by atoms with Crippen molar-refractivity contribution >= 4 is 43.1 Å². The molecule has 6 nitrogen and oxygen atoms in total. The number of aromatic nitrogens is 2. The molecular weight excluding hydrogens is 342 g/mol. The monoisotopic (exact) mass is 349 g/mol. The van der Waals surface area contributed by atoms with Crippen LogP contribution in [-0.2, 0) is 10.0 Å². The van der Waals surface area contributed by atoms with Crippen LogP contribution in [0.25, 0.3) is 0 Å². The number of aryl methyl sites for hydroxylation is 1. The van der Waals surface area contributed by atoms with E-state index < -0.39 is 15.6 Å². The van der Waals surface area contributed by atoms with Gasteiger partial charge in [0.05, 0.1) is 3.79 Å². The van der Waals surface area contributed by atoms with Crippen molar-refractivity contribution in [2.24, 2.45) is 0 Å². The van der Waals surface area contributed by atoms with Crippen molar-refractivity contribution in [3.8, 4) is 0 Å². The SMILES string of the molecule is Cc1cc(S(=O)(=O)Nc2ccc(=O)[nH]n2)sc1Br. The highest BCUT2D eigenvalue weighted by Gasteiger charge is 2.18. The van der Waals surface area contributed by atoms with Gasteiger partial charge in [0, 0.05) is 6.07 Å². The average molecular weight is 350 g/mol. The molecule has 0 unspecified atom stereocenters. The molecule has 0 amide bonds. The van der Waals surface area contributed by atoms with Gasteiger partial charge in [0.2, 0.25) is 0 Å². The number of sulfonamides is 1. The molecule has 0 spiro atoms. The standard InChI is InChI=1S/C9H8BrN3O3S2/c1-5-4-8(17-9(5)10)18(15,16)13-6-2-3-7(14)12-11-6/h2-4H,1H3,(H,11,13)(H,12,14). The Bertz CT molecular complexity index is 696. The van der Waals surface area contributed by atoms with Crippen LogP contribution in [0, 0.1) is 6.92 Å². The minimum atomic E-state index is -3.67. The fourth-order valence-electron chi connectivity index (χ4n) is 1.15. The van der Waals surface area contributed by atoms with Gasteiger partial charge < -0.3 is 0 Å². The molecule has 0 radical (unpaired) electrons. The van der Waals surface area contributed by atoms with Crippen LogP contribution in [0.3, 0.4) is 0 Å². The average Bonchev–Trinajstić information content (AvgIpc) is 2.63. The van der Waals surface area contributed by atoms with Crippen molar-refractivity contribution in [3.05, 3.63) is 37.9 Å². The number of rotatable bonds is 3. The number of hydrogen-bond donors (Lipinski definition) is 2. The van der Waals surface area contributed by atoms with Gasteiger partial charge in [-0.15, -0.1) is 11.3 Å². The second-order valence-corrected chi connectivity index (χ2v) is 7.71. The lowest BCUT2D eigenvalue weighted by Crippen LogP contribution is -2.15. The lowest BCUT2D eigenvalue weighted by molar-refractivity contribution is 0.603. The predicted octanol–water partition coefficient (Wildman–Crippen LogP) is 1.70. The molecule has 0 aliphatic rings. The number of halogens is 1. The lowest BCUT2D eigenvalue weighted by atomic mass is 10.4. The number of aromatic amines is 1. The molecule has 0 aromatic carbocycles. The quantitative estimate of drug-likeness (QED) is 0.881. The van der Waals surface area contributed by atoms with Gasteiger partial charge in [0.1, 0.15) is 4.21 Å². The Balaban J connectivity index is 2.32. The molecule has 2 rings (SSSR count). The van der Waals surface area contributed by atoms with E-state index in [9.17, 15) is 13.2 Å². The summed E-state index contributed by atoms with van der Waals surface area (Å²) in [6.45, 7) is 1.80. The van der Waals surface area contributed by atoms with Crippen molar-refractivity contribution in [1.82, 2.24) is 10.2 Å². The first-order valence-corrected chi connectivity index (χ1v) is 7.82. The Labute approximate surface area is 115 Å². The number of nitrogens with zero attached hydrogens (tertiary/aromatic N) is 1. The second-order valence-electron chi connectivity index (χ2n) is 3.43. The summed E-state index contributed by atoms with van der Waals surface area (Å²) in [6, 6.07) is 4.05. The number of H-pyrrole nitrogens is 1. The summed E-state index contributed by atoms with van der Waals surface area (Å²) in [5, 5.41) is 5.74. The summed E-state index contributed by atoms with van der Waals surface area (Å²) in [7, 11) is -3.67. The maximum atomic E-state index is 12.0. The molecule has 0 aliphatic carbocycles. The summed E-state index contributed by atoms with van der Waals surface area (Å²) in [6.07, 6.45) is 0. The van der Waals surface area contributed by atoms with E-state index in [0.29, 0.717) is 0 Å². The highest BCUT2D eigenvalue weighted by Crippen LogP contribution is 2.31. The summed E-state index contributed by atoms with van der Waals surface area (Å²) in [5.41, 5.74) is 0.447. The first kappa shape index (κ1) is 13.2. The minimum absolute atomic E-state index is 0.0665. The van der Waals surface area contributed by atoms with Crippen molar-refractivity contribution in [3.63, 3.8) is 0 Å². The number of thiophene rings is 1. The van der Waals surface area contributed by atoms with E-state index in [1.54, 1.807) is 13.0 Å². The van der Waals surface area contributed by atoms with Crippen molar-refractivity contribution in [1.29, 1.82) is 0 Å². The topological polar surface area (TPSA) is 91.9 Å². The summed E-state index contributed by atoms with van der Waals surface area (Å²) < 4.78 is 27.2. The molecule has 0 fully saturated rings. The molecule has 18 heavy (non-hydrogen) atoms. The largest absolute Gasteiger partial charge is 0.272 e. The molecule has 0 bridgehead atoms. The van der Waals surface area contributed by atoms with E-state index in [0.717, 1.165) is 20.7 Å². The maximum absolute atomic E-state index is 12.0. The van der Waals surface area contributed by atoms with E-state index in [1.807, 2.05) is 0 Å². The Hall–Kier alpha value is -1.19. The molecule has 0 saturated carbocycles. The van der Waals surface area contributed by atoms with Crippen LogP contribution >= 0.6 is 27.3 Å². The number of nitrogens with one attached hydrogen (secondary N) is 2. The first-order valence-electron chi connectivity index (χ1n) is 4.73. The zero-order valence-electron chi connectivity index (χ0n) is 9.10. The molecule has 2 N–H and O–H groups in total. The Morgan fingerprint density at radius 3 is 2.67 bits per heavy atom. The van der Waals surface area contributed by atoms with Gasteiger partial charge in [-0.3, -0.25) is 9.52 Å². The van der Waals surface area contributed by atoms with Gasteiger partial charge in [-0.05, 0) is 40.5 Å². The first-order chi connectivity index (χ1) is 8.38. The zero-order chi connectivity index (χ0) is 13.3. The van der Waals surface area contributed by atoms with Crippen LogP contribution in [0.1, 0.15) is 5.56 Å². The van der Waals surface area contributed by atoms with Gasteiger partial charge in [-0.25, -0.2) is 13.5 Å².